The Morgan fingerprint density at radius 2 is 2.16 bits per heavy atom. The lowest BCUT2D eigenvalue weighted by Crippen LogP contribution is -2.51. The molecule has 0 radical (unpaired) electrons. The van der Waals surface area contributed by atoms with Crippen molar-refractivity contribution >= 4 is 6.03 Å². The van der Waals surface area contributed by atoms with Crippen molar-refractivity contribution in [1.29, 1.82) is 0 Å². The average molecular weight is 266 g/mol. The van der Waals surface area contributed by atoms with Crippen LogP contribution in [0.25, 0.3) is 0 Å². The van der Waals surface area contributed by atoms with E-state index in [0.29, 0.717) is 19.6 Å². The first-order valence-corrected chi connectivity index (χ1v) is 6.70. The number of nitrogens with zero attached hydrogens (tertiary/aromatic N) is 3. The number of aryl methyl sites for hydroxylation is 1. The molecule has 1 aliphatic heterocycles. The van der Waals surface area contributed by atoms with Gasteiger partial charge < -0.3 is 15.0 Å². The van der Waals surface area contributed by atoms with E-state index in [0.717, 1.165) is 12.0 Å². The van der Waals surface area contributed by atoms with E-state index in [1.165, 1.54) is 0 Å². The molecule has 19 heavy (non-hydrogen) atoms. The normalized spacial score (nSPS) is 23.4. The smallest absolute Gasteiger partial charge is 0.317 e. The van der Waals surface area contributed by atoms with Gasteiger partial charge in [0.2, 0.25) is 0 Å². The van der Waals surface area contributed by atoms with Gasteiger partial charge in [0.1, 0.15) is 0 Å². The second kappa shape index (κ2) is 6.06. The zero-order valence-corrected chi connectivity index (χ0v) is 11.8. The van der Waals surface area contributed by atoms with Gasteiger partial charge in [0, 0.05) is 32.9 Å². The van der Waals surface area contributed by atoms with Gasteiger partial charge in [-0.15, -0.1) is 0 Å². The molecule has 1 aliphatic rings. The third-order valence-corrected chi connectivity index (χ3v) is 3.16. The van der Waals surface area contributed by atoms with E-state index in [-0.39, 0.29) is 18.2 Å². The van der Waals surface area contributed by atoms with Gasteiger partial charge in [0.05, 0.1) is 18.4 Å². The first-order valence-electron chi connectivity index (χ1n) is 6.70. The highest BCUT2D eigenvalue weighted by molar-refractivity contribution is 5.74. The summed E-state index contributed by atoms with van der Waals surface area (Å²) >= 11 is 0. The van der Waals surface area contributed by atoms with Gasteiger partial charge in [-0.2, -0.15) is 5.10 Å². The molecule has 6 heteroatoms. The zero-order valence-electron chi connectivity index (χ0n) is 11.8. The van der Waals surface area contributed by atoms with Crippen LogP contribution in [0.3, 0.4) is 0 Å². The van der Waals surface area contributed by atoms with E-state index in [4.69, 9.17) is 4.74 Å². The number of hydrogen-bond donors (Lipinski definition) is 1. The summed E-state index contributed by atoms with van der Waals surface area (Å²) < 4.78 is 7.38. The minimum Gasteiger partial charge on any atom is -0.372 e. The second-order valence-corrected chi connectivity index (χ2v) is 5.17. The number of morpholine rings is 1. The largest absolute Gasteiger partial charge is 0.372 e. The van der Waals surface area contributed by atoms with Crippen LogP contribution in [0, 0.1) is 0 Å². The number of ether oxygens (including phenoxy) is 1. The summed E-state index contributed by atoms with van der Waals surface area (Å²) in [5.74, 6) is 0. The Hall–Kier alpha value is -1.56. The summed E-state index contributed by atoms with van der Waals surface area (Å²) in [6, 6.07) is -0.00843. The third kappa shape index (κ3) is 3.96. The van der Waals surface area contributed by atoms with Gasteiger partial charge >= 0.3 is 6.03 Å². The minimum absolute atomic E-state index is 0.00843. The summed E-state index contributed by atoms with van der Waals surface area (Å²) in [5.41, 5.74) is 1.13. The lowest BCUT2D eigenvalue weighted by atomic mass is 10.2. The van der Waals surface area contributed by atoms with Crippen molar-refractivity contribution in [3.8, 4) is 0 Å². The molecule has 106 valence electrons. The molecule has 1 aromatic heterocycles. The van der Waals surface area contributed by atoms with Gasteiger partial charge in [-0.1, -0.05) is 0 Å². The van der Waals surface area contributed by atoms with Gasteiger partial charge in [-0.05, 0) is 25.8 Å². The molecule has 1 saturated heterocycles. The van der Waals surface area contributed by atoms with E-state index in [1.54, 1.807) is 4.68 Å². The molecule has 0 spiro atoms. The molecule has 2 heterocycles. The number of carbonyl (C=O) groups excluding carboxylic acids is 1. The summed E-state index contributed by atoms with van der Waals surface area (Å²) in [5, 5.41) is 7.05. The molecular weight excluding hydrogens is 244 g/mol. The highest BCUT2D eigenvalue weighted by atomic mass is 16.5. The Kier molecular flexibility index (Phi) is 4.42. The molecule has 1 fully saturated rings. The molecule has 1 N–H and O–H groups in total. The summed E-state index contributed by atoms with van der Waals surface area (Å²) in [7, 11) is 1.89. The van der Waals surface area contributed by atoms with Gasteiger partial charge in [0.15, 0.2) is 0 Å². The van der Waals surface area contributed by atoms with Crippen molar-refractivity contribution in [1.82, 2.24) is 20.0 Å². The molecule has 6 nitrogen and oxygen atoms in total. The Morgan fingerprint density at radius 1 is 1.47 bits per heavy atom. The second-order valence-electron chi connectivity index (χ2n) is 5.17. The van der Waals surface area contributed by atoms with Crippen LogP contribution in [0.1, 0.15) is 19.4 Å². The number of aromatic nitrogens is 2. The fraction of sp³-hybridized carbons (Fsp3) is 0.692. The van der Waals surface area contributed by atoms with Gasteiger partial charge in [-0.3, -0.25) is 4.68 Å². The van der Waals surface area contributed by atoms with Crippen molar-refractivity contribution in [2.45, 2.75) is 32.5 Å². The maximum absolute atomic E-state index is 12.0. The molecule has 1 aromatic rings. The molecular formula is C13H22N4O2. The van der Waals surface area contributed by atoms with Crippen LogP contribution in [-0.2, 0) is 18.2 Å². The van der Waals surface area contributed by atoms with E-state index in [2.05, 4.69) is 10.4 Å². The lowest BCUT2D eigenvalue weighted by Gasteiger charge is -2.35. The number of amides is 2. The fourth-order valence-corrected chi connectivity index (χ4v) is 2.37. The van der Waals surface area contributed by atoms with Crippen molar-refractivity contribution in [2.24, 2.45) is 7.05 Å². The van der Waals surface area contributed by atoms with E-state index in [1.807, 2.05) is 38.2 Å². The van der Waals surface area contributed by atoms with Crippen molar-refractivity contribution in [3.05, 3.63) is 18.0 Å². The standard InChI is InChI=1S/C13H22N4O2/c1-10-7-17(8-11(2)19-10)13(18)14-5-4-12-6-15-16(3)9-12/h6,9-11H,4-5,7-8H2,1-3H3,(H,14,18)/t10-,11-/m1/s1. The topological polar surface area (TPSA) is 59.4 Å². The lowest BCUT2D eigenvalue weighted by molar-refractivity contribution is -0.0544. The van der Waals surface area contributed by atoms with Crippen molar-refractivity contribution in [3.63, 3.8) is 0 Å². The van der Waals surface area contributed by atoms with Crippen molar-refractivity contribution in [2.75, 3.05) is 19.6 Å². The van der Waals surface area contributed by atoms with Crippen molar-refractivity contribution < 1.29 is 9.53 Å². The number of nitrogens with one attached hydrogen (secondary N) is 1. The molecule has 0 saturated carbocycles. The third-order valence-electron chi connectivity index (χ3n) is 3.16. The van der Waals surface area contributed by atoms with Crippen LogP contribution in [0.2, 0.25) is 0 Å². The van der Waals surface area contributed by atoms with Crippen LogP contribution >= 0.6 is 0 Å². The van der Waals surface area contributed by atoms with Crippen LogP contribution in [0.5, 0.6) is 0 Å². The number of carbonyl (C=O) groups is 1. The Labute approximate surface area is 113 Å². The molecule has 2 atom stereocenters. The predicted molar refractivity (Wildman–Crippen MR) is 71.9 cm³/mol. The van der Waals surface area contributed by atoms with Crippen LogP contribution in [0.4, 0.5) is 4.79 Å². The Balaban J connectivity index is 1.74. The quantitative estimate of drug-likeness (QED) is 0.879. The van der Waals surface area contributed by atoms with Crippen LogP contribution in [-0.4, -0.2) is 52.6 Å². The molecule has 0 unspecified atom stereocenters. The molecule has 0 aliphatic carbocycles. The molecule has 2 amide bonds. The maximum Gasteiger partial charge on any atom is 0.317 e. The maximum atomic E-state index is 12.0. The first kappa shape index (κ1) is 13.9. The SMILES string of the molecule is C[C@@H]1CN(C(=O)NCCc2cnn(C)c2)C[C@@H](C)O1. The van der Waals surface area contributed by atoms with Crippen LogP contribution in [0.15, 0.2) is 12.4 Å². The van der Waals surface area contributed by atoms with E-state index >= 15 is 0 Å². The highest BCUT2D eigenvalue weighted by Crippen LogP contribution is 2.10. The number of hydrogen-bond acceptors (Lipinski definition) is 3. The van der Waals surface area contributed by atoms with Gasteiger partial charge in [-0.25, -0.2) is 4.79 Å². The summed E-state index contributed by atoms with van der Waals surface area (Å²) in [6.45, 7) is 5.92. The zero-order chi connectivity index (χ0) is 13.8. The van der Waals surface area contributed by atoms with E-state index in [9.17, 15) is 4.79 Å². The molecule has 2 rings (SSSR count). The first-order chi connectivity index (χ1) is 9.04. The highest BCUT2D eigenvalue weighted by Gasteiger charge is 2.25. The molecule has 0 aromatic carbocycles. The van der Waals surface area contributed by atoms with E-state index < -0.39 is 0 Å². The van der Waals surface area contributed by atoms with Gasteiger partial charge in [0.25, 0.3) is 0 Å². The number of urea groups is 1. The Morgan fingerprint density at radius 3 is 2.74 bits per heavy atom. The monoisotopic (exact) mass is 266 g/mol. The Bertz CT molecular complexity index is 422. The molecule has 0 bridgehead atoms. The predicted octanol–water partition coefficient (Wildman–Crippen LogP) is 0.781. The van der Waals surface area contributed by atoms with Crippen LogP contribution < -0.4 is 5.32 Å². The minimum atomic E-state index is -0.00843. The fourth-order valence-electron chi connectivity index (χ4n) is 2.37. The summed E-state index contributed by atoms with van der Waals surface area (Å²) in [4.78, 5) is 13.8. The summed E-state index contributed by atoms with van der Waals surface area (Å²) in [6.07, 6.45) is 4.80. The number of rotatable bonds is 3. The average Bonchev–Trinajstić information content (AvgIpc) is 2.73.